The fourth-order valence-electron chi connectivity index (χ4n) is 1.49. The molecule has 7 heteroatoms. The van der Waals surface area contributed by atoms with Crippen LogP contribution in [0.2, 0.25) is 0 Å². The maximum absolute atomic E-state index is 11.7. The van der Waals surface area contributed by atoms with Gasteiger partial charge in [-0.25, -0.2) is 13.2 Å². The molecule has 0 saturated carbocycles. The molecule has 0 fully saturated rings. The Morgan fingerprint density at radius 1 is 1.32 bits per heavy atom. The van der Waals surface area contributed by atoms with Crippen LogP contribution in [0.15, 0.2) is 22.7 Å². The smallest absolute Gasteiger partial charge is 0.338 e. The molecule has 0 heterocycles. The van der Waals surface area contributed by atoms with Gasteiger partial charge in [-0.1, -0.05) is 22.9 Å². The van der Waals surface area contributed by atoms with Crippen LogP contribution in [0.25, 0.3) is 0 Å². The van der Waals surface area contributed by atoms with Crippen molar-refractivity contribution in [2.45, 2.75) is 13.3 Å². The van der Waals surface area contributed by atoms with Crippen molar-refractivity contribution < 1.29 is 17.9 Å². The van der Waals surface area contributed by atoms with E-state index in [0.29, 0.717) is 22.1 Å². The van der Waals surface area contributed by atoms with E-state index in [1.54, 1.807) is 19.1 Å². The quantitative estimate of drug-likeness (QED) is 0.627. The van der Waals surface area contributed by atoms with E-state index in [-0.39, 0.29) is 18.1 Å². The van der Waals surface area contributed by atoms with Crippen molar-refractivity contribution in [2.24, 2.45) is 0 Å². The van der Waals surface area contributed by atoms with E-state index in [1.807, 2.05) is 0 Å². The Hall–Kier alpha value is -1.08. The minimum absolute atomic E-state index is 0.106. The zero-order chi connectivity index (χ0) is 14.5. The summed E-state index contributed by atoms with van der Waals surface area (Å²) in [6.45, 7) is 1.64. The van der Waals surface area contributed by atoms with Crippen LogP contribution in [-0.4, -0.2) is 32.5 Å². The van der Waals surface area contributed by atoms with Crippen LogP contribution in [0.3, 0.4) is 0 Å². The van der Waals surface area contributed by atoms with E-state index in [0.717, 1.165) is 0 Å². The Morgan fingerprint density at radius 2 is 2.00 bits per heavy atom. The topological polar surface area (TPSA) is 86.5 Å². The molecule has 1 rings (SSSR count). The van der Waals surface area contributed by atoms with Gasteiger partial charge in [-0.15, -0.1) is 0 Å². The van der Waals surface area contributed by atoms with E-state index in [4.69, 9.17) is 10.5 Å². The third-order valence-electron chi connectivity index (χ3n) is 2.30. The minimum atomic E-state index is -3.14. The molecule has 0 spiro atoms. The van der Waals surface area contributed by atoms with Crippen LogP contribution in [-0.2, 0) is 14.6 Å². The van der Waals surface area contributed by atoms with Gasteiger partial charge in [-0.2, -0.15) is 0 Å². The number of nitrogen functional groups attached to an aromatic ring is 1. The van der Waals surface area contributed by atoms with Crippen molar-refractivity contribution in [2.75, 3.05) is 23.8 Å². The molecule has 0 amide bonds. The third kappa shape index (κ3) is 5.61. The number of nitrogens with two attached hydrogens (primary N) is 1. The summed E-state index contributed by atoms with van der Waals surface area (Å²) < 4.78 is 28.5. The SMILES string of the molecule is CCCS(=O)(=O)CCOC(=O)c1cc(N)cc(Br)c1. The summed E-state index contributed by atoms with van der Waals surface area (Å²) in [4.78, 5) is 11.7. The van der Waals surface area contributed by atoms with E-state index < -0.39 is 15.8 Å². The van der Waals surface area contributed by atoms with Crippen LogP contribution < -0.4 is 5.73 Å². The van der Waals surface area contributed by atoms with Gasteiger partial charge in [0.15, 0.2) is 9.84 Å². The molecular weight excluding hydrogens is 334 g/mol. The zero-order valence-corrected chi connectivity index (χ0v) is 13.0. The summed E-state index contributed by atoms with van der Waals surface area (Å²) in [6, 6.07) is 4.70. The first-order chi connectivity index (χ1) is 8.84. The second-order valence-corrected chi connectivity index (χ2v) is 7.28. The van der Waals surface area contributed by atoms with E-state index in [1.165, 1.54) is 6.07 Å². The maximum atomic E-state index is 11.7. The van der Waals surface area contributed by atoms with Crippen LogP contribution in [0, 0.1) is 0 Å². The molecule has 106 valence electrons. The molecular formula is C12H16BrNO4S. The fourth-order valence-corrected chi connectivity index (χ4v) is 3.16. The first-order valence-electron chi connectivity index (χ1n) is 5.77. The molecule has 5 nitrogen and oxygen atoms in total. The lowest BCUT2D eigenvalue weighted by Crippen LogP contribution is -2.17. The Kier molecular flexibility index (Phi) is 5.81. The molecule has 0 atom stereocenters. The molecule has 0 aliphatic carbocycles. The highest BCUT2D eigenvalue weighted by atomic mass is 79.9. The number of sulfone groups is 1. The molecule has 0 aliphatic rings. The Labute approximate surface area is 121 Å². The van der Waals surface area contributed by atoms with Crippen LogP contribution in [0.5, 0.6) is 0 Å². The van der Waals surface area contributed by atoms with Crippen LogP contribution >= 0.6 is 15.9 Å². The lowest BCUT2D eigenvalue weighted by atomic mass is 10.2. The second kappa shape index (κ2) is 6.91. The van der Waals surface area contributed by atoms with Gasteiger partial charge in [0.2, 0.25) is 0 Å². The second-order valence-electron chi connectivity index (χ2n) is 4.06. The van der Waals surface area contributed by atoms with Crippen LogP contribution in [0.1, 0.15) is 23.7 Å². The van der Waals surface area contributed by atoms with Gasteiger partial charge >= 0.3 is 5.97 Å². The van der Waals surface area contributed by atoms with Gasteiger partial charge in [0.25, 0.3) is 0 Å². The number of ether oxygens (including phenoxy) is 1. The van der Waals surface area contributed by atoms with Crippen molar-refractivity contribution in [3.8, 4) is 0 Å². The monoisotopic (exact) mass is 349 g/mol. The number of hydrogen-bond donors (Lipinski definition) is 1. The summed E-state index contributed by atoms with van der Waals surface area (Å²) in [7, 11) is -3.14. The average Bonchev–Trinajstić information content (AvgIpc) is 2.27. The lowest BCUT2D eigenvalue weighted by Gasteiger charge is -2.06. The lowest BCUT2D eigenvalue weighted by molar-refractivity contribution is 0.0529. The summed E-state index contributed by atoms with van der Waals surface area (Å²) in [5.41, 5.74) is 6.32. The standard InChI is InChI=1S/C12H16BrNO4S/c1-2-4-19(16,17)5-3-18-12(15)9-6-10(13)8-11(14)7-9/h6-8H,2-5,14H2,1H3. The minimum Gasteiger partial charge on any atom is -0.461 e. The predicted molar refractivity (Wildman–Crippen MR) is 77.8 cm³/mol. The largest absolute Gasteiger partial charge is 0.461 e. The molecule has 1 aromatic carbocycles. The normalized spacial score (nSPS) is 11.3. The highest BCUT2D eigenvalue weighted by molar-refractivity contribution is 9.10. The van der Waals surface area contributed by atoms with Gasteiger partial charge in [0.05, 0.1) is 17.1 Å². The highest BCUT2D eigenvalue weighted by Gasteiger charge is 2.13. The summed E-state index contributed by atoms with van der Waals surface area (Å²) in [5, 5.41) is 0. The van der Waals surface area contributed by atoms with Crippen molar-refractivity contribution in [3.05, 3.63) is 28.2 Å². The molecule has 19 heavy (non-hydrogen) atoms. The van der Waals surface area contributed by atoms with Crippen molar-refractivity contribution in [1.29, 1.82) is 0 Å². The highest BCUT2D eigenvalue weighted by Crippen LogP contribution is 2.17. The van der Waals surface area contributed by atoms with Gasteiger partial charge in [0.1, 0.15) is 6.61 Å². The Morgan fingerprint density at radius 3 is 2.58 bits per heavy atom. The van der Waals surface area contributed by atoms with E-state index in [2.05, 4.69) is 15.9 Å². The molecule has 2 N–H and O–H groups in total. The number of esters is 1. The number of anilines is 1. The van der Waals surface area contributed by atoms with Crippen molar-refractivity contribution >= 4 is 37.4 Å². The average molecular weight is 350 g/mol. The summed E-state index contributed by atoms with van der Waals surface area (Å²) in [6.07, 6.45) is 0.554. The van der Waals surface area contributed by atoms with Gasteiger partial charge in [-0.3, -0.25) is 0 Å². The number of hydrogen-bond acceptors (Lipinski definition) is 5. The number of carbonyl (C=O) groups excluding carboxylic acids is 1. The summed E-state index contributed by atoms with van der Waals surface area (Å²) >= 11 is 3.22. The van der Waals surface area contributed by atoms with E-state index >= 15 is 0 Å². The Balaban J connectivity index is 2.57. The first kappa shape index (κ1) is 16.0. The predicted octanol–water partition coefficient (Wildman–Crippen LogP) is 2.01. The molecule has 1 aromatic rings. The van der Waals surface area contributed by atoms with Crippen LogP contribution in [0.4, 0.5) is 5.69 Å². The van der Waals surface area contributed by atoms with Gasteiger partial charge < -0.3 is 10.5 Å². The van der Waals surface area contributed by atoms with Gasteiger partial charge in [0, 0.05) is 10.2 Å². The van der Waals surface area contributed by atoms with Crippen molar-refractivity contribution in [3.63, 3.8) is 0 Å². The number of benzene rings is 1. The third-order valence-corrected chi connectivity index (χ3v) is 4.58. The molecule has 0 aromatic heterocycles. The number of halogens is 1. The zero-order valence-electron chi connectivity index (χ0n) is 10.6. The van der Waals surface area contributed by atoms with E-state index in [9.17, 15) is 13.2 Å². The fraction of sp³-hybridized carbons (Fsp3) is 0.417. The molecule has 0 radical (unpaired) electrons. The number of rotatable bonds is 6. The molecule has 0 aliphatic heterocycles. The van der Waals surface area contributed by atoms with Gasteiger partial charge in [-0.05, 0) is 24.6 Å². The first-order valence-corrected chi connectivity index (χ1v) is 8.39. The number of carbonyl (C=O) groups is 1. The maximum Gasteiger partial charge on any atom is 0.338 e. The summed E-state index contributed by atoms with van der Waals surface area (Å²) in [5.74, 6) is -0.635. The molecule has 0 saturated heterocycles. The molecule has 0 unspecified atom stereocenters. The Bertz CT molecular complexity index is 537. The molecule has 0 bridgehead atoms. The van der Waals surface area contributed by atoms with Crippen molar-refractivity contribution in [1.82, 2.24) is 0 Å².